The Hall–Kier alpha value is -2.15. The predicted octanol–water partition coefficient (Wildman–Crippen LogP) is 2.99. The van der Waals surface area contributed by atoms with Crippen molar-refractivity contribution >= 4 is 0 Å². The van der Waals surface area contributed by atoms with Crippen LogP contribution in [0.2, 0.25) is 0 Å². The van der Waals surface area contributed by atoms with Crippen molar-refractivity contribution in [2.24, 2.45) is 0 Å². The smallest absolute Gasteiger partial charge is 0.261 e. The lowest BCUT2D eigenvalue weighted by Gasteiger charge is -2.08. The van der Waals surface area contributed by atoms with Crippen LogP contribution in [0.25, 0.3) is 11.5 Å². The topological polar surface area (TPSA) is 66.6 Å². The SMILES string of the molecule is CCOC(C)c1noc(-c2cc(OC)c(OC)cc2F)n1. The van der Waals surface area contributed by atoms with Gasteiger partial charge in [0.1, 0.15) is 11.9 Å². The zero-order valence-corrected chi connectivity index (χ0v) is 12.3. The van der Waals surface area contributed by atoms with Gasteiger partial charge in [-0.15, -0.1) is 0 Å². The Morgan fingerprint density at radius 2 is 1.90 bits per heavy atom. The monoisotopic (exact) mass is 296 g/mol. The van der Waals surface area contributed by atoms with Crippen molar-refractivity contribution in [3.8, 4) is 23.0 Å². The van der Waals surface area contributed by atoms with E-state index < -0.39 is 5.82 Å². The molecule has 114 valence electrons. The van der Waals surface area contributed by atoms with Crippen LogP contribution < -0.4 is 9.47 Å². The highest BCUT2D eigenvalue weighted by molar-refractivity contribution is 5.60. The van der Waals surface area contributed by atoms with Crippen molar-refractivity contribution in [1.29, 1.82) is 0 Å². The molecule has 1 heterocycles. The molecule has 21 heavy (non-hydrogen) atoms. The molecule has 0 N–H and O–H groups in total. The molecular weight excluding hydrogens is 279 g/mol. The lowest BCUT2D eigenvalue weighted by Crippen LogP contribution is -2.01. The average Bonchev–Trinajstić information content (AvgIpc) is 2.96. The number of aromatic nitrogens is 2. The van der Waals surface area contributed by atoms with Gasteiger partial charge in [-0.25, -0.2) is 4.39 Å². The van der Waals surface area contributed by atoms with Crippen LogP contribution in [0.3, 0.4) is 0 Å². The van der Waals surface area contributed by atoms with E-state index in [0.29, 0.717) is 23.9 Å². The van der Waals surface area contributed by atoms with Crippen LogP contribution in [0, 0.1) is 5.82 Å². The van der Waals surface area contributed by atoms with E-state index in [0.717, 1.165) is 0 Å². The number of nitrogens with zero attached hydrogens (tertiary/aromatic N) is 2. The van der Waals surface area contributed by atoms with Gasteiger partial charge in [-0.1, -0.05) is 5.16 Å². The summed E-state index contributed by atoms with van der Waals surface area (Å²) in [6.45, 7) is 4.18. The molecule has 0 spiro atoms. The highest BCUT2D eigenvalue weighted by Gasteiger charge is 2.20. The first-order chi connectivity index (χ1) is 10.1. The minimum absolute atomic E-state index is 0.0648. The van der Waals surface area contributed by atoms with Crippen LogP contribution in [-0.4, -0.2) is 31.0 Å². The molecule has 7 heteroatoms. The molecule has 0 bridgehead atoms. The number of ether oxygens (including phenoxy) is 3. The minimum atomic E-state index is -0.535. The van der Waals surface area contributed by atoms with Gasteiger partial charge in [0, 0.05) is 12.7 Å². The second-order valence-corrected chi connectivity index (χ2v) is 4.24. The van der Waals surface area contributed by atoms with Gasteiger partial charge in [0.15, 0.2) is 11.5 Å². The first-order valence-corrected chi connectivity index (χ1v) is 6.47. The van der Waals surface area contributed by atoms with Crippen molar-refractivity contribution in [3.05, 3.63) is 23.8 Å². The fourth-order valence-electron chi connectivity index (χ4n) is 1.85. The quantitative estimate of drug-likeness (QED) is 0.816. The fraction of sp³-hybridized carbons (Fsp3) is 0.429. The van der Waals surface area contributed by atoms with Gasteiger partial charge in [-0.2, -0.15) is 4.98 Å². The highest BCUT2D eigenvalue weighted by Crippen LogP contribution is 2.34. The van der Waals surface area contributed by atoms with Crippen LogP contribution in [0.15, 0.2) is 16.7 Å². The number of halogens is 1. The Labute approximate surface area is 121 Å². The molecule has 1 aromatic heterocycles. The van der Waals surface area contributed by atoms with E-state index in [1.165, 1.54) is 26.4 Å². The first kappa shape index (κ1) is 15.2. The number of hydrogen-bond donors (Lipinski definition) is 0. The van der Waals surface area contributed by atoms with Crippen LogP contribution in [0.1, 0.15) is 25.8 Å². The normalized spacial score (nSPS) is 12.2. The van der Waals surface area contributed by atoms with Crippen LogP contribution in [0.4, 0.5) is 4.39 Å². The highest BCUT2D eigenvalue weighted by atomic mass is 19.1. The van der Waals surface area contributed by atoms with Crippen LogP contribution >= 0.6 is 0 Å². The summed E-state index contributed by atoms with van der Waals surface area (Å²) in [5, 5.41) is 3.80. The number of benzene rings is 1. The average molecular weight is 296 g/mol. The number of hydrogen-bond acceptors (Lipinski definition) is 6. The van der Waals surface area contributed by atoms with E-state index in [2.05, 4.69) is 10.1 Å². The Morgan fingerprint density at radius 1 is 1.24 bits per heavy atom. The van der Waals surface area contributed by atoms with E-state index in [-0.39, 0.29) is 17.6 Å². The van der Waals surface area contributed by atoms with Gasteiger partial charge >= 0.3 is 0 Å². The molecule has 0 aliphatic carbocycles. The third kappa shape index (κ3) is 3.13. The summed E-state index contributed by atoms with van der Waals surface area (Å²) in [6.07, 6.45) is -0.323. The summed E-state index contributed by atoms with van der Waals surface area (Å²) in [7, 11) is 2.90. The third-order valence-electron chi connectivity index (χ3n) is 2.93. The summed E-state index contributed by atoms with van der Waals surface area (Å²) < 4.78 is 34.7. The van der Waals surface area contributed by atoms with E-state index in [4.69, 9.17) is 18.7 Å². The molecule has 0 saturated heterocycles. The molecule has 2 rings (SSSR count). The molecular formula is C14H17FN2O4. The van der Waals surface area contributed by atoms with Crippen molar-refractivity contribution in [3.63, 3.8) is 0 Å². The Bertz CT molecular complexity index is 615. The molecule has 0 saturated carbocycles. The van der Waals surface area contributed by atoms with Crippen molar-refractivity contribution in [2.75, 3.05) is 20.8 Å². The van der Waals surface area contributed by atoms with Gasteiger partial charge in [0.05, 0.1) is 19.8 Å². The molecule has 0 radical (unpaired) electrons. The minimum Gasteiger partial charge on any atom is -0.493 e. The maximum Gasteiger partial charge on any atom is 0.261 e. The summed E-state index contributed by atoms with van der Waals surface area (Å²) in [5.41, 5.74) is 0.148. The molecule has 1 aromatic carbocycles. The first-order valence-electron chi connectivity index (χ1n) is 6.47. The summed E-state index contributed by atoms with van der Waals surface area (Å²) in [4.78, 5) is 4.15. The Balaban J connectivity index is 2.38. The molecule has 0 aliphatic rings. The zero-order chi connectivity index (χ0) is 15.4. The van der Waals surface area contributed by atoms with Gasteiger partial charge in [0.25, 0.3) is 5.89 Å². The molecule has 0 fully saturated rings. The van der Waals surface area contributed by atoms with Crippen molar-refractivity contribution in [1.82, 2.24) is 10.1 Å². The maximum atomic E-state index is 14.1. The van der Waals surface area contributed by atoms with Gasteiger partial charge < -0.3 is 18.7 Å². The van der Waals surface area contributed by atoms with E-state index in [1.807, 2.05) is 6.92 Å². The van der Waals surface area contributed by atoms with Gasteiger partial charge in [0.2, 0.25) is 5.82 Å². The molecule has 2 aromatic rings. The fourth-order valence-corrected chi connectivity index (χ4v) is 1.85. The number of rotatable bonds is 6. The van der Waals surface area contributed by atoms with Crippen LogP contribution in [-0.2, 0) is 4.74 Å². The largest absolute Gasteiger partial charge is 0.493 e. The zero-order valence-electron chi connectivity index (χ0n) is 12.3. The Kier molecular flexibility index (Phi) is 4.74. The number of methoxy groups -OCH3 is 2. The van der Waals surface area contributed by atoms with Gasteiger partial charge in [-0.3, -0.25) is 0 Å². The summed E-state index contributed by atoms with van der Waals surface area (Å²) >= 11 is 0. The van der Waals surface area contributed by atoms with E-state index in [9.17, 15) is 4.39 Å². The van der Waals surface area contributed by atoms with Gasteiger partial charge in [-0.05, 0) is 19.9 Å². The van der Waals surface area contributed by atoms with Crippen molar-refractivity contribution in [2.45, 2.75) is 20.0 Å². The van der Waals surface area contributed by atoms with Crippen molar-refractivity contribution < 1.29 is 23.1 Å². The lowest BCUT2D eigenvalue weighted by molar-refractivity contribution is 0.0683. The van der Waals surface area contributed by atoms with E-state index in [1.54, 1.807) is 6.92 Å². The molecule has 6 nitrogen and oxygen atoms in total. The Morgan fingerprint density at radius 3 is 2.52 bits per heavy atom. The van der Waals surface area contributed by atoms with Crippen LogP contribution in [0.5, 0.6) is 11.5 Å². The summed E-state index contributed by atoms with van der Waals surface area (Å²) in [6, 6.07) is 2.67. The molecule has 1 unspecified atom stereocenters. The molecule has 0 aliphatic heterocycles. The summed E-state index contributed by atoms with van der Waals surface area (Å²) in [5.74, 6) is 0.565. The second kappa shape index (κ2) is 6.53. The molecule has 1 atom stereocenters. The maximum absolute atomic E-state index is 14.1. The third-order valence-corrected chi connectivity index (χ3v) is 2.93. The standard InChI is InChI=1S/C14H17FN2O4/c1-5-20-8(2)13-16-14(21-17-13)9-6-11(18-3)12(19-4)7-10(9)15/h6-8H,5H2,1-4H3. The second-order valence-electron chi connectivity index (χ2n) is 4.24. The predicted molar refractivity (Wildman–Crippen MR) is 72.8 cm³/mol. The van der Waals surface area contributed by atoms with E-state index >= 15 is 0 Å². The lowest BCUT2D eigenvalue weighted by atomic mass is 10.2. The molecule has 0 amide bonds.